The van der Waals surface area contributed by atoms with Crippen LogP contribution >= 0.6 is 0 Å². The normalized spacial score (nSPS) is 17.7. The van der Waals surface area contributed by atoms with E-state index in [0.717, 1.165) is 50.1 Å². The fourth-order valence-corrected chi connectivity index (χ4v) is 3.22. The lowest BCUT2D eigenvalue weighted by molar-refractivity contribution is 0.352. The maximum Gasteiger partial charge on any atom is 0.193 e. The Bertz CT molecular complexity index is 713. The average Bonchev–Trinajstić information content (AvgIpc) is 3.14. The Hall–Kier alpha value is -2.38. The van der Waals surface area contributed by atoms with Crippen molar-refractivity contribution in [3.05, 3.63) is 29.6 Å². The highest BCUT2D eigenvalue weighted by molar-refractivity contribution is 5.79. The summed E-state index contributed by atoms with van der Waals surface area (Å²) >= 11 is 0. The predicted octanol–water partition coefficient (Wildman–Crippen LogP) is 0.590. The van der Waals surface area contributed by atoms with Gasteiger partial charge in [-0.25, -0.2) is 0 Å². The molecule has 0 bridgehead atoms. The summed E-state index contributed by atoms with van der Waals surface area (Å²) in [6.07, 6.45) is 6.05. The lowest BCUT2D eigenvalue weighted by atomic mass is 9.99. The Balaban J connectivity index is 1.54. The molecule has 8 heteroatoms. The van der Waals surface area contributed by atoms with Crippen LogP contribution in [0.25, 0.3) is 0 Å². The molecule has 1 aliphatic heterocycles. The van der Waals surface area contributed by atoms with Gasteiger partial charge in [-0.15, -0.1) is 10.2 Å². The van der Waals surface area contributed by atoms with Crippen molar-refractivity contribution in [3.63, 3.8) is 0 Å². The lowest BCUT2D eigenvalue weighted by Gasteiger charge is -2.27. The quantitative estimate of drug-likeness (QED) is 0.656. The maximum absolute atomic E-state index is 4.40. The molecule has 0 saturated carbocycles. The van der Waals surface area contributed by atoms with Gasteiger partial charge in [0.15, 0.2) is 5.96 Å². The van der Waals surface area contributed by atoms with E-state index < -0.39 is 0 Å². The van der Waals surface area contributed by atoms with E-state index in [2.05, 4.69) is 35.1 Å². The molecule has 2 aromatic heterocycles. The fourth-order valence-electron chi connectivity index (χ4n) is 3.22. The number of nitrogens with one attached hydrogen (secondary N) is 1. The third-order valence-corrected chi connectivity index (χ3v) is 4.53. The second-order valence-electron chi connectivity index (χ2n) is 6.49. The zero-order valence-electron chi connectivity index (χ0n) is 14.9. The second kappa shape index (κ2) is 7.02. The standard InChI is InChI=1S/C16H26N8/c1-12-20-21-15-6-5-13(11-24(12)15)7-18-16(17-2)22(3)9-14-8-19-23(4)10-14/h8,10,13H,5-7,9,11H2,1-4H3,(H,17,18). The van der Waals surface area contributed by atoms with E-state index >= 15 is 0 Å². The van der Waals surface area contributed by atoms with Crippen molar-refractivity contribution in [2.75, 3.05) is 20.6 Å². The van der Waals surface area contributed by atoms with Crippen LogP contribution in [0.5, 0.6) is 0 Å². The van der Waals surface area contributed by atoms with Crippen molar-refractivity contribution in [1.29, 1.82) is 0 Å². The largest absolute Gasteiger partial charge is 0.356 e. The molecule has 0 amide bonds. The summed E-state index contributed by atoms with van der Waals surface area (Å²) in [4.78, 5) is 6.52. The number of nitrogens with zero attached hydrogens (tertiary/aromatic N) is 7. The number of fused-ring (bicyclic) bond motifs is 1. The molecule has 3 rings (SSSR count). The Morgan fingerprint density at radius 3 is 3.00 bits per heavy atom. The molecule has 3 heterocycles. The summed E-state index contributed by atoms with van der Waals surface area (Å²) in [5.74, 6) is 3.59. The number of hydrogen-bond acceptors (Lipinski definition) is 4. The molecule has 8 nitrogen and oxygen atoms in total. The molecule has 0 saturated heterocycles. The zero-order chi connectivity index (χ0) is 17.1. The van der Waals surface area contributed by atoms with Gasteiger partial charge in [0.1, 0.15) is 11.6 Å². The van der Waals surface area contributed by atoms with Crippen LogP contribution in [0, 0.1) is 12.8 Å². The number of rotatable bonds is 4. The van der Waals surface area contributed by atoms with Crippen molar-refractivity contribution in [2.24, 2.45) is 18.0 Å². The van der Waals surface area contributed by atoms with E-state index in [1.165, 1.54) is 5.56 Å². The molecule has 0 aromatic carbocycles. The van der Waals surface area contributed by atoms with Gasteiger partial charge in [-0.3, -0.25) is 9.67 Å². The van der Waals surface area contributed by atoms with Crippen LogP contribution in [-0.2, 0) is 26.6 Å². The van der Waals surface area contributed by atoms with Gasteiger partial charge in [-0.1, -0.05) is 0 Å². The molecular formula is C16H26N8. The van der Waals surface area contributed by atoms with E-state index in [1.54, 1.807) is 0 Å². The molecule has 24 heavy (non-hydrogen) atoms. The van der Waals surface area contributed by atoms with Crippen LogP contribution < -0.4 is 5.32 Å². The number of aryl methyl sites for hydroxylation is 3. The van der Waals surface area contributed by atoms with Gasteiger partial charge in [0.2, 0.25) is 0 Å². The third kappa shape index (κ3) is 3.58. The summed E-state index contributed by atoms with van der Waals surface area (Å²) in [6.45, 7) is 4.69. The van der Waals surface area contributed by atoms with Crippen molar-refractivity contribution >= 4 is 5.96 Å². The number of aliphatic imine (C=N–C) groups is 1. The van der Waals surface area contributed by atoms with E-state index in [-0.39, 0.29) is 0 Å². The fraction of sp³-hybridized carbons (Fsp3) is 0.625. The molecule has 1 unspecified atom stereocenters. The van der Waals surface area contributed by atoms with Gasteiger partial charge in [0.05, 0.1) is 6.20 Å². The third-order valence-electron chi connectivity index (χ3n) is 4.53. The summed E-state index contributed by atoms with van der Waals surface area (Å²) in [5.41, 5.74) is 1.17. The highest BCUT2D eigenvalue weighted by Gasteiger charge is 2.22. The molecule has 1 N–H and O–H groups in total. The number of aromatic nitrogens is 5. The highest BCUT2D eigenvalue weighted by Crippen LogP contribution is 2.19. The monoisotopic (exact) mass is 330 g/mol. The molecule has 1 atom stereocenters. The first kappa shape index (κ1) is 16.5. The maximum atomic E-state index is 4.40. The Kier molecular flexibility index (Phi) is 4.82. The molecule has 0 aliphatic carbocycles. The van der Waals surface area contributed by atoms with Gasteiger partial charge in [-0.05, 0) is 19.3 Å². The average molecular weight is 330 g/mol. The first-order valence-corrected chi connectivity index (χ1v) is 8.34. The van der Waals surface area contributed by atoms with Crippen molar-refractivity contribution in [1.82, 2.24) is 34.8 Å². The summed E-state index contributed by atoms with van der Waals surface area (Å²) in [5, 5.41) is 16.1. The van der Waals surface area contributed by atoms with Gasteiger partial charge in [-0.2, -0.15) is 5.10 Å². The molecule has 2 aromatic rings. The zero-order valence-corrected chi connectivity index (χ0v) is 14.9. The molecule has 0 radical (unpaired) electrons. The van der Waals surface area contributed by atoms with Crippen molar-refractivity contribution in [3.8, 4) is 0 Å². The van der Waals surface area contributed by atoms with Gasteiger partial charge in [0.25, 0.3) is 0 Å². The van der Waals surface area contributed by atoms with Crippen LogP contribution in [0.2, 0.25) is 0 Å². The summed E-state index contributed by atoms with van der Waals surface area (Å²) in [7, 11) is 5.80. The van der Waals surface area contributed by atoms with Crippen molar-refractivity contribution in [2.45, 2.75) is 32.9 Å². The lowest BCUT2D eigenvalue weighted by Crippen LogP contribution is -2.42. The Morgan fingerprint density at radius 2 is 2.29 bits per heavy atom. The molecule has 1 aliphatic rings. The van der Waals surface area contributed by atoms with Crippen LogP contribution in [0.1, 0.15) is 23.6 Å². The first-order chi connectivity index (χ1) is 11.6. The van der Waals surface area contributed by atoms with E-state index in [4.69, 9.17) is 0 Å². The van der Waals surface area contributed by atoms with Gasteiger partial charge >= 0.3 is 0 Å². The summed E-state index contributed by atoms with van der Waals surface area (Å²) in [6, 6.07) is 0. The van der Waals surface area contributed by atoms with E-state index in [1.807, 2.05) is 45.1 Å². The SMILES string of the molecule is CN=C(NCC1CCc2nnc(C)n2C1)N(C)Cc1cnn(C)c1. The molecule has 0 spiro atoms. The molecule has 0 fully saturated rings. The minimum atomic E-state index is 0.566. The van der Waals surface area contributed by atoms with Crippen LogP contribution in [0.3, 0.4) is 0 Å². The van der Waals surface area contributed by atoms with Gasteiger partial charge < -0.3 is 14.8 Å². The van der Waals surface area contributed by atoms with Crippen molar-refractivity contribution < 1.29 is 0 Å². The van der Waals surface area contributed by atoms with E-state index in [9.17, 15) is 0 Å². The highest BCUT2D eigenvalue weighted by atomic mass is 15.3. The smallest absolute Gasteiger partial charge is 0.193 e. The minimum absolute atomic E-state index is 0.566. The Labute approximate surface area is 142 Å². The second-order valence-corrected chi connectivity index (χ2v) is 6.49. The van der Waals surface area contributed by atoms with E-state index in [0.29, 0.717) is 5.92 Å². The predicted molar refractivity (Wildman–Crippen MR) is 92.6 cm³/mol. The summed E-state index contributed by atoms with van der Waals surface area (Å²) < 4.78 is 4.05. The topological polar surface area (TPSA) is 76.2 Å². The molecule has 130 valence electrons. The number of guanidine groups is 1. The van der Waals surface area contributed by atoms with Crippen LogP contribution in [0.4, 0.5) is 0 Å². The minimum Gasteiger partial charge on any atom is -0.356 e. The first-order valence-electron chi connectivity index (χ1n) is 8.34. The van der Waals surface area contributed by atoms with Crippen LogP contribution in [-0.4, -0.2) is 56.0 Å². The molecular weight excluding hydrogens is 304 g/mol. The Morgan fingerprint density at radius 1 is 1.46 bits per heavy atom. The van der Waals surface area contributed by atoms with Crippen LogP contribution in [0.15, 0.2) is 17.4 Å². The van der Waals surface area contributed by atoms with Gasteiger partial charge in [0, 0.05) is 59.0 Å². The number of hydrogen-bond donors (Lipinski definition) is 1.